The van der Waals surface area contributed by atoms with Gasteiger partial charge >= 0.3 is 0 Å². The first kappa shape index (κ1) is 11.5. The van der Waals surface area contributed by atoms with Crippen LogP contribution in [0.1, 0.15) is 24.2 Å². The third-order valence-electron chi connectivity index (χ3n) is 3.91. The molecule has 94 valence electrons. The number of pyridine rings is 1. The second-order valence-corrected chi connectivity index (χ2v) is 4.94. The second-order valence-electron chi connectivity index (χ2n) is 4.94. The van der Waals surface area contributed by atoms with Gasteiger partial charge < -0.3 is 4.57 Å². The number of hydrogen-bond acceptors (Lipinski definition) is 2. The van der Waals surface area contributed by atoms with Crippen molar-refractivity contribution in [1.29, 1.82) is 0 Å². The van der Waals surface area contributed by atoms with E-state index in [-0.39, 0.29) is 0 Å². The van der Waals surface area contributed by atoms with Crippen LogP contribution in [-0.4, -0.2) is 27.5 Å². The molecular formula is C15H19N3. The monoisotopic (exact) mass is 241 g/mol. The molecule has 1 aliphatic heterocycles. The second kappa shape index (κ2) is 4.94. The van der Waals surface area contributed by atoms with E-state index in [1.165, 1.54) is 11.3 Å². The van der Waals surface area contributed by atoms with Gasteiger partial charge in [-0.3, -0.25) is 9.88 Å². The predicted octanol–water partition coefficient (Wildman–Crippen LogP) is 2.50. The van der Waals surface area contributed by atoms with Crippen LogP contribution in [-0.2, 0) is 13.0 Å². The fourth-order valence-corrected chi connectivity index (χ4v) is 2.75. The number of nitrogens with zero attached hydrogens (tertiary/aromatic N) is 3. The van der Waals surface area contributed by atoms with E-state index in [1.54, 1.807) is 0 Å². The van der Waals surface area contributed by atoms with Crippen molar-refractivity contribution >= 4 is 0 Å². The Morgan fingerprint density at radius 2 is 2.06 bits per heavy atom. The Hall–Kier alpha value is -1.61. The van der Waals surface area contributed by atoms with Crippen LogP contribution in [0.15, 0.2) is 42.9 Å². The number of fused-ring (bicyclic) bond motifs is 1. The first-order chi connectivity index (χ1) is 8.84. The van der Waals surface area contributed by atoms with Crippen molar-refractivity contribution in [2.45, 2.75) is 25.9 Å². The lowest BCUT2D eigenvalue weighted by Crippen LogP contribution is -2.37. The average Bonchev–Trinajstić information content (AvgIpc) is 2.88. The van der Waals surface area contributed by atoms with Crippen molar-refractivity contribution in [3.05, 3.63) is 54.1 Å². The highest BCUT2D eigenvalue weighted by Crippen LogP contribution is 2.25. The van der Waals surface area contributed by atoms with Crippen LogP contribution in [0.3, 0.4) is 0 Å². The lowest BCUT2D eigenvalue weighted by atomic mass is 10.1. The fraction of sp³-hybridized carbons (Fsp3) is 0.400. The first-order valence-electron chi connectivity index (χ1n) is 6.62. The Labute approximate surface area is 108 Å². The third kappa shape index (κ3) is 2.18. The van der Waals surface area contributed by atoms with Gasteiger partial charge in [0.15, 0.2) is 0 Å². The Kier molecular flexibility index (Phi) is 3.15. The molecule has 0 radical (unpaired) electrons. The summed E-state index contributed by atoms with van der Waals surface area (Å²) in [6.45, 7) is 5.69. The summed E-state index contributed by atoms with van der Waals surface area (Å²) in [5.74, 6) is 0. The summed E-state index contributed by atoms with van der Waals surface area (Å²) in [6, 6.07) is 9.13. The van der Waals surface area contributed by atoms with Crippen LogP contribution in [0.2, 0.25) is 0 Å². The van der Waals surface area contributed by atoms with Crippen LogP contribution < -0.4 is 0 Å². The molecule has 1 atom stereocenters. The van der Waals surface area contributed by atoms with Crippen molar-refractivity contribution in [3.63, 3.8) is 0 Å². The normalized spacial score (nSPS) is 19.7. The molecule has 3 rings (SSSR count). The molecule has 0 bridgehead atoms. The van der Waals surface area contributed by atoms with E-state index in [9.17, 15) is 0 Å². The minimum atomic E-state index is 0.524. The van der Waals surface area contributed by atoms with Gasteiger partial charge in [0.05, 0.1) is 0 Å². The van der Waals surface area contributed by atoms with E-state index in [1.807, 2.05) is 12.4 Å². The molecule has 1 unspecified atom stereocenters. The SMILES string of the molecule is CC1c2cccn2CCN1CCc1ccncc1. The first-order valence-corrected chi connectivity index (χ1v) is 6.62. The van der Waals surface area contributed by atoms with Gasteiger partial charge in [0.2, 0.25) is 0 Å². The molecule has 1 aliphatic rings. The Balaban J connectivity index is 1.65. The molecular weight excluding hydrogens is 222 g/mol. The van der Waals surface area contributed by atoms with E-state index >= 15 is 0 Å². The lowest BCUT2D eigenvalue weighted by molar-refractivity contribution is 0.171. The quantitative estimate of drug-likeness (QED) is 0.823. The van der Waals surface area contributed by atoms with Crippen molar-refractivity contribution in [3.8, 4) is 0 Å². The summed E-state index contributed by atoms with van der Waals surface area (Å²) >= 11 is 0. The maximum Gasteiger partial charge on any atom is 0.0473 e. The molecule has 3 heteroatoms. The summed E-state index contributed by atoms with van der Waals surface area (Å²) in [5, 5.41) is 0. The minimum absolute atomic E-state index is 0.524. The summed E-state index contributed by atoms with van der Waals surface area (Å²) in [7, 11) is 0. The van der Waals surface area contributed by atoms with E-state index in [4.69, 9.17) is 0 Å². The lowest BCUT2D eigenvalue weighted by Gasteiger charge is -2.34. The molecule has 0 N–H and O–H groups in total. The molecule has 0 aliphatic carbocycles. The van der Waals surface area contributed by atoms with Gasteiger partial charge in [-0.1, -0.05) is 0 Å². The summed E-state index contributed by atoms with van der Waals surface area (Å²) in [4.78, 5) is 6.63. The zero-order valence-corrected chi connectivity index (χ0v) is 10.8. The molecule has 3 heterocycles. The van der Waals surface area contributed by atoms with Crippen LogP contribution in [0.4, 0.5) is 0 Å². The zero-order chi connectivity index (χ0) is 12.4. The fourth-order valence-electron chi connectivity index (χ4n) is 2.75. The van der Waals surface area contributed by atoms with Gasteiger partial charge in [-0.25, -0.2) is 0 Å². The molecule has 2 aromatic rings. The molecule has 18 heavy (non-hydrogen) atoms. The summed E-state index contributed by atoms with van der Waals surface area (Å²) in [6.07, 6.45) is 7.04. The Bertz CT molecular complexity index is 503. The molecule has 0 amide bonds. The van der Waals surface area contributed by atoms with Gasteiger partial charge in [-0.05, 0) is 43.2 Å². The van der Waals surface area contributed by atoms with Crippen molar-refractivity contribution in [1.82, 2.24) is 14.5 Å². The van der Waals surface area contributed by atoms with Crippen LogP contribution >= 0.6 is 0 Å². The van der Waals surface area contributed by atoms with Crippen LogP contribution in [0.25, 0.3) is 0 Å². The van der Waals surface area contributed by atoms with Gasteiger partial charge in [-0.2, -0.15) is 0 Å². The highest BCUT2D eigenvalue weighted by Gasteiger charge is 2.22. The highest BCUT2D eigenvalue weighted by atomic mass is 15.2. The van der Waals surface area contributed by atoms with Crippen LogP contribution in [0.5, 0.6) is 0 Å². The maximum absolute atomic E-state index is 4.06. The average molecular weight is 241 g/mol. The number of hydrogen-bond donors (Lipinski definition) is 0. The van der Waals surface area contributed by atoms with E-state index < -0.39 is 0 Å². The largest absolute Gasteiger partial charge is 0.349 e. The Morgan fingerprint density at radius 1 is 1.22 bits per heavy atom. The minimum Gasteiger partial charge on any atom is -0.349 e. The molecule has 3 nitrogen and oxygen atoms in total. The Morgan fingerprint density at radius 3 is 2.89 bits per heavy atom. The van der Waals surface area contributed by atoms with E-state index in [2.05, 4.69) is 51.8 Å². The topological polar surface area (TPSA) is 21.1 Å². The number of aromatic nitrogens is 2. The van der Waals surface area contributed by atoms with Crippen molar-refractivity contribution in [2.75, 3.05) is 13.1 Å². The van der Waals surface area contributed by atoms with Gasteiger partial charge in [-0.15, -0.1) is 0 Å². The van der Waals surface area contributed by atoms with Gasteiger partial charge in [0.1, 0.15) is 0 Å². The van der Waals surface area contributed by atoms with E-state index in [0.717, 1.165) is 26.1 Å². The summed E-state index contributed by atoms with van der Waals surface area (Å²) in [5.41, 5.74) is 2.81. The number of rotatable bonds is 3. The zero-order valence-electron chi connectivity index (χ0n) is 10.8. The van der Waals surface area contributed by atoms with Gasteiger partial charge in [0.25, 0.3) is 0 Å². The predicted molar refractivity (Wildman–Crippen MR) is 72.4 cm³/mol. The van der Waals surface area contributed by atoms with Crippen LogP contribution in [0, 0.1) is 0 Å². The molecule has 2 aromatic heterocycles. The smallest absolute Gasteiger partial charge is 0.0473 e. The van der Waals surface area contributed by atoms with Gasteiger partial charge in [0, 0.05) is 50.0 Å². The summed E-state index contributed by atoms with van der Waals surface area (Å²) < 4.78 is 2.37. The molecule has 0 fully saturated rings. The molecule has 0 aromatic carbocycles. The highest BCUT2D eigenvalue weighted by molar-refractivity contribution is 5.14. The maximum atomic E-state index is 4.06. The van der Waals surface area contributed by atoms with Crippen molar-refractivity contribution in [2.24, 2.45) is 0 Å². The molecule has 0 saturated carbocycles. The van der Waals surface area contributed by atoms with E-state index in [0.29, 0.717) is 6.04 Å². The molecule has 0 spiro atoms. The molecule has 0 saturated heterocycles. The standard InChI is InChI=1S/C15H19N3/c1-13-15-3-2-9-18(15)12-11-17(13)10-6-14-4-7-16-8-5-14/h2-5,7-9,13H,6,10-12H2,1H3. The van der Waals surface area contributed by atoms with Crippen molar-refractivity contribution < 1.29 is 0 Å². The third-order valence-corrected chi connectivity index (χ3v) is 3.91.